The zero-order chi connectivity index (χ0) is 18.6. The van der Waals surface area contributed by atoms with Crippen molar-refractivity contribution in [2.24, 2.45) is 0 Å². The van der Waals surface area contributed by atoms with Gasteiger partial charge in [-0.2, -0.15) is 0 Å². The van der Waals surface area contributed by atoms with E-state index in [4.69, 9.17) is 0 Å². The number of nitrogens with one attached hydrogen (secondary N) is 2. The maximum atomic E-state index is 14.1. The Morgan fingerprint density at radius 1 is 1.24 bits per heavy atom. The van der Waals surface area contributed by atoms with Gasteiger partial charge in [0.15, 0.2) is 0 Å². The van der Waals surface area contributed by atoms with Gasteiger partial charge in [0.25, 0.3) is 5.91 Å². The Balaban J connectivity index is 2.24. The monoisotopic (exact) mass is 345 g/mol. The largest absolute Gasteiger partial charge is 0.354 e. The van der Waals surface area contributed by atoms with Gasteiger partial charge in [-0.3, -0.25) is 9.59 Å². The topological polar surface area (TPSA) is 63.1 Å². The van der Waals surface area contributed by atoms with Crippen LogP contribution in [0.4, 0.5) is 4.39 Å². The Bertz CT molecular complexity index is 783. The summed E-state index contributed by atoms with van der Waals surface area (Å²) in [6.45, 7) is 7.74. The quantitative estimate of drug-likeness (QED) is 0.846. The summed E-state index contributed by atoms with van der Waals surface area (Å²) >= 11 is 0. The summed E-state index contributed by atoms with van der Waals surface area (Å²) in [5, 5.41) is 5.44. The molecule has 2 N–H and O–H groups in total. The summed E-state index contributed by atoms with van der Waals surface area (Å²) in [6, 6.07) is 7.48. The molecule has 0 spiro atoms. The Kier molecular flexibility index (Phi) is 5.96. The van der Waals surface area contributed by atoms with E-state index in [0.29, 0.717) is 23.5 Å². The molecule has 1 aromatic carbocycles. The Morgan fingerprint density at radius 3 is 2.56 bits per heavy atom. The first kappa shape index (κ1) is 18.7. The molecule has 0 saturated heterocycles. The number of rotatable bonds is 6. The highest BCUT2D eigenvalue weighted by Crippen LogP contribution is 2.22. The molecule has 134 valence electrons. The summed E-state index contributed by atoms with van der Waals surface area (Å²) in [7, 11) is 0. The first-order valence-electron chi connectivity index (χ1n) is 8.39. The fourth-order valence-corrected chi connectivity index (χ4v) is 2.74. The van der Waals surface area contributed by atoms with Crippen molar-refractivity contribution in [3.63, 3.8) is 0 Å². The number of halogens is 1. The van der Waals surface area contributed by atoms with E-state index in [2.05, 4.69) is 10.6 Å². The van der Waals surface area contributed by atoms with E-state index in [1.54, 1.807) is 42.7 Å². The third-order valence-corrected chi connectivity index (χ3v) is 4.06. The molecule has 0 aliphatic heterocycles. The molecule has 25 heavy (non-hydrogen) atoms. The molecule has 5 nitrogen and oxygen atoms in total. The number of hydrogen-bond acceptors (Lipinski definition) is 2. The van der Waals surface area contributed by atoms with Crippen LogP contribution >= 0.6 is 0 Å². The standard InChI is InChI=1S/C19H24FN3O2/c1-5-10-21-18(24)13(3)22-19(25)15-11-12(2)23(14(15)4)17-9-7-6-8-16(17)20/h6-9,11,13H,5,10H2,1-4H3,(H,21,24)(H,22,25)/t13-/m1/s1. The summed E-state index contributed by atoms with van der Waals surface area (Å²) < 4.78 is 15.8. The molecule has 0 radical (unpaired) electrons. The van der Waals surface area contributed by atoms with Crippen LogP contribution in [0, 0.1) is 19.7 Å². The van der Waals surface area contributed by atoms with Gasteiger partial charge >= 0.3 is 0 Å². The van der Waals surface area contributed by atoms with Crippen molar-refractivity contribution in [3.05, 3.63) is 53.1 Å². The lowest BCUT2D eigenvalue weighted by Gasteiger charge is -2.14. The van der Waals surface area contributed by atoms with Gasteiger partial charge in [-0.05, 0) is 45.4 Å². The van der Waals surface area contributed by atoms with Crippen molar-refractivity contribution in [1.82, 2.24) is 15.2 Å². The van der Waals surface area contributed by atoms with Gasteiger partial charge in [0.1, 0.15) is 11.9 Å². The summed E-state index contributed by atoms with van der Waals surface area (Å²) in [6.07, 6.45) is 0.830. The molecule has 0 saturated carbocycles. The van der Waals surface area contributed by atoms with Gasteiger partial charge in [0.2, 0.25) is 5.91 Å². The zero-order valence-electron chi connectivity index (χ0n) is 15.0. The van der Waals surface area contributed by atoms with Gasteiger partial charge in [-0.15, -0.1) is 0 Å². The van der Waals surface area contributed by atoms with E-state index in [1.807, 2.05) is 13.8 Å². The van der Waals surface area contributed by atoms with Crippen LogP contribution in [0.2, 0.25) is 0 Å². The van der Waals surface area contributed by atoms with Crippen LogP contribution in [0.25, 0.3) is 5.69 Å². The molecule has 0 unspecified atom stereocenters. The van der Waals surface area contributed by atoms with E-state index in [-0.39, 0.29) is 17.6 Å². The second-order valence-electron chi connectivity index (χ2n) is 6.06. The van der Waals surface area contributed by atoms with E-state index < -0.39 is 6.04 Å². The summed E-state index contributed by atoms with van der Waals surface area (Å²) in [4.78, 5) is 24.4. The van der Waals surface area contributed by atoms with Crippen molar-refractivity contribution in [1.29, 1.82) is 0 Å². The van der Waals surface area contributed by atoms with Crippen LogP contribution in [0.15, 0.2) is 30.3 Å². The molecule has 0 aliphatic rings. The fourth-order valence-electron chi connectivity index (χ4n) is 2.74. The van der Waals surface area contributed by atoms with Crippen LogP contribution in [-0.2, 0) is 4.79 Å². The maximum absolute atomic E-state index is 14.1. The summed E-state index contributed by atoms with van der Waals surface area (Å²) in [5.41, 5.74) is 2.19. The Labute approximate surface area is 147 Å². The number of amides is 2. The molecule has 2 aromatic rings. The molecule has 0 fully saturated rings. The minimum atomic E-state index is -0.643. The molecule has 1 aromatic heterocycles. The minimum Gasteiger partial charge on any atom is -0.354 e. The number of benzene rings is 1. The lowest BCUT2D eigenvalue weighted by atomic mass is 10.2. The van der Waals surface area contributed by atoms with Gasteiger partial charge in [0, 0.05) is 17.9 Å². The van der Waals surface area contributed by atoms with Crippen molar-refractivity contribution in [2.45, 2.75) is 40.2 Å². The molecule has 0 aliphatic carbocycles. The van der Waals surface area contributed by atoms with E-state index in [9.17, 15) is 14.0 Å². The molecule has 0 bridgehead atoms. The lowest BCUT2D eigenvalue weighted by Crippen LogP contribution is -2.45. The smallest absolute Gasteiger partial charge is 0.253 e. The van der Waals surface area contributed by atoms with Crippen LogP contribution in [0.5, 0.6) is 0 Å². The van der Waals surface area contributed by atoms with Gasteiger partial charge < -0.3 is 15.2 Å². The third kappa shape index (κ3) is 4.07. The number of aromatic nitrogens is 1. The lowest BCUT2D eigenvalue weighted by molar-refractivity contribution is -0.122. The van der Waals surface area contributed by atoms with Gasteiger partial charge in [-0.25, -0.2) is 4.39 Å². The molecule has 1 atom stereocenters. The second-order valence-corrected chi connectivity index (χ2v) is 6.06. The number of nitrogens with zero attached hydrogens (tertiary/aromatic N) is 1. The van der Waals surface area contributed by atoms with Crippen LogP contribution < -0.4 is 10.6 Å². The Morgan fingerprint density at radius 2 is 1.92 bits per heavy atom. The first-order chi connectivity index (χ1) is 11.9. The second kappa shape index (κ2) is 7.96. The van der Waals surface area contributed by atoms with E-state index in [1.165, 1.54) is 6.07 Å². The van der Waals surface area contributed by atoms with Crippen LogP contribution in [-0.4, -0.2) is 29.0 Å². The molecule has 2 rings (SSSR count). The van der Waals surface area contributed by atoms with Crippen LogP contribution in [0.1, 0.15) is 42.0 Å². The third-order valence-electron chi connectivity index (χ3n) is 4.06. The number of carbonyl (C=O) groups excluding carboxylic acids is 2. The first-order valence-corrected chi connectivity index (χ1v) is 8.39. The van der Waals surface area contributed by atoms with Crippen molar-refractivity contribution < 1.29 is 14.0 Å². The highest BCUT2D eigenvalue weighted by Gasteiger charge is 2.21. The number of hydrogen-bond donors (Lipinski definition) is 2. The summed E-state index contributed by atoms with van der Waals surface area (Å²) in [5.74, 6) is -0.934. The van der Waals surface area contributed by atoms with Crippen molar-refractivity contribution >= 4 is 11.8 Å². The van der Waals surface area contributed by atoms with E-state index in [0.717, 1.165) is 12.1 Å². The minimum absolute atomic E-state index is 0.224. The van der Waals surface area contributed by atoms with Gasteiger partial charge in [-0.1, -0.05) is 19.1 Å². The molecule has 1 heterocycles. The average molecular weight is 345 g/mol. The molecule has 2 amide bonds. The van der Waals surface area contributed by atoms with Crippen molar-refractivity contribution in [2.75, 3.05) is 6.54 Å². The normalized spacial score (nSPS) is 11.9. The number of carbonyl (C=O) groups is 2. The predicted molar refractivity (Wildman–Crippen MR) is 95.4 cm³/mol. The Hall–Kier alpha value is -2.63. The zero-order valence-corrected chi connectivity index (χ0v) is 15.0. The maximum Gasteiger partial charge on any atom is 0.253 e. The van der Waals surface area contributed by atoms with Crippen LogP contribution in [0.3, 0.4) is 0 Å². The molecular weight excluding hydrogens is 321 g/mol. The van der Waals surface area contributed by atoms with Gasteiger partial charge in [0.05, 0.1) is 11.3 Å². The van der Waals surface area contributed by atoms with E-state index >= 15 is 0 Å². The highest BCUT2D eigenvalue weighted by atomic mass is 19.1. The highest BCUT2D eigenvalue weighted by molar-refractivity contribution is 5.98. The average Bonchev–Trinajstić information content (AvgIpc) is 2.88. The molecule has 6 heteroatoms. The number of aryl methyl sites for hydroxylation is 1. The number of para-hydroxylation sites is 1. The predicted octanol–water partition coefficient (Wildman–Crippen LogP) is 2.88. The SMILES string of the molecule is CCCNC(=O)[C@@H](C)NC(=O)c1cc(C)n(-c2ccccc2F)c1C. The fraction of sp³-hybridized carbons (Fsp3) is 0.368. The molecular formula is C19H24FN3O2. The van der Waals surface area contributed by atoms with Crippen molar-refractivity contribution in [3.8, 4) is 5.69 Å².